The zero-order chi connectivity index (χ0) is 15.0. The van der Waals surface area contributed by atoms with Crippen LogP contribution in [-0.4, -0.2) is 16.2 Å². The average molecular weight is 339 g/mol. The van der Waals surface area contributed by atoms with Gasteiger partial charge in [0, 0.05) is 10.0 Å². The van der Waals surface area contributed by atoms with Crippen LogP contribution in [-0.2, 0) is 0 Å². The summed E-state index contributed by atoms with van der Waals surface area (Å²) in [5.41, 5.74) is 2.60. The fraction of sp³-hybridized carbons (Fsp3) is 0.133. The first-order valence-electron chi connectivity index (χ1n) is 6.43. The summed E-state index contributed by atoms with van der Waals surface area (Å²) in [6, 6.07) is 11.1. The molecule has 0 unspecified atom stereocenters. The Hall–Kier alpha value is -1.49. The number of aromatic nitrogens is 2. The van der Waals surface area contributed by atoms with Gasteiger partial charge in [0.1, 0.15) is 11.3 Å². The zero-order valence-electron chi connectivity index (χ0n) is 11.2. The van der Waals surface area contributed by atoms with Crippen molar-refractivity contribution in [1.29, 1.82) is 0 Å². The summed E-state index contributed by atoms with van der Waals surface area (Å²) >= 11 is 17.6. The van der Waals surface area contributed by atoms with Gasteiger partial charge in [-0.2, -0.15) is 0 Å². The lowest BCUT2D eigenvalue weighted by atomic mass is 10.2. The Morgan fingerprint density at radius 1 is 1.19 bits per heavy atom. The highest BCUT2D eigenvalue weighted by Crippen LogP contribution is 2.29. The van der Waals surface area contributed by atoms with Crippen molar-refractivity contribution in [3.63, 3.8) is 0 Å². The fourth-order valence-electron chi connectivity index (χ4n) is 2.30. The molecule has 3 rings (SSSR count). The Bertz CT molecular complexity index is 849. The van der Waals surface area contributed by atoms with Crippen molar-refractivity contribution in [2.45, 2.75) is 6.92 Å². The van der Waals surface area contributed by atoms with Crippen molar-refractivity contribution >= 4 is 46.5 Å². The number of nitrogens with one attached hydrogen (secondary N) is 1. The van der Waals surface area contributed by atoms with Crippen LogP contribution in [0.2, 0.25) is 10.0 Å². The van der Waals surface area contributed by atoms with Crippen molar-refractivity contribution in [3.8, 4) is 11.4 Å². The second-order valence-corrected chi connectivity index (χ2v) is 5.74. The third-order valence-electron chi connectivity index (χ3n) is 3.09. The number of fused-ring (bicyclic) bond motifs is 1. The lowest BCUT2D eigenvalue weighted by Gasteiger charge is -2.07. The smallest absolute Gasteiger partial charge is 0.182 e. The minimum absolute atomic E-state index is 0.565. The molecule has 0 bridgehead atoms. The Morgan fingerprint density at radius 2 is 1.90 bits per heavy atom. The molecule has 1 heterocycles. The summed E-state index contributed by atoms with van der Waals surface area (Å²) in [4.78, 5) is 3.18. The Kier molecular flexibility index (Phi) is 3.93. The van der Waals surface area contributed by atoms with Crippen LogP contribution in [0.1, 0.15) is 6.92 Å². The number of H-pyrrole nitrogens is 1. The number of halogens is 2. The molecule has 0 atom stereocenters. The van der Waals surface area contributed by atoms with Crippen molar-refractivity contribution in [1.82, 2.24) is 9.55 Å². The predicted molar refractivity (Wildman–Crippen MR) is 89.6 cm³/mol. The lowest BCUT2D eigenvalue weighted by molar-refractivity contribution is 0.343. The van der Waals surface area contributed by atoms with Crippen LogP contribution in [0.3, 0.4) is 0 Å². The van der Waals surface area contributed by atoms with Gasteiger partial charge in [-0.1, -0.05) is 29.3 Å². The van der Waals surface area contributed by atoms with Crippen molar-refractivity contribution in [2.24, 2.45) is 0 Å². The molecule has 0 radical (unpaired) electrons. The van der Waals surface area contributed by atoms with Crippen LogP contribution in [0.4, 0.5) is 0 Å². The van der Waals surface area contributed by atoms with E-state index in [2.05, 4.69) is 4.98 Å². The largest absolute Gasteiger partial charge is 0.492 e. The molecule has 0 aliphatic heterocycles. The molecule has 0 aliphatic carbocycles. The van der Waals surface area contributed by atoms with Gasteiger partial charge in [-0.25, -0.2) is 0 Å². The molecule has 108 valence electrons. The van der Waals surface area contributed by atoms with Gasteiger partial charge in [-0.05, 0) is 49.5 Å². The van der Waals surface area contributed by atoms with Crippen molar-refractivity contribution < 1.29 is 4.74 Å². The number of para-hydroxylation sites is 1. The molecule has 21 heavy (non-hydrogen) atoms. The molecule has 3 aromatic rings. The van der Waals surface area contributed by atoms with Crippen LogP contribution in [0, 0.1) is 4.77 Å². The van der Waals surface area contributed by atoms with Crippen LogP contribution < -0.4 is 4.74 Å². The molecule has 3 nitrogen and oxygen atoms in total. The molecular weight excluding hydrogens is 327 g/mol. The minimum atomic E-state index is 0.565. The predicted octanol–water partition coefficient (Wildman–Crippen LogP) is 5.39. The zero-order valence-corrected chi connectivity index (χ0v) is 13.5. The third kappa shape index (κ3) is 2.67. The molecule has 0 saturated heterocycles. The molecule has 6 heteroatoms. The monoisotopic (exact) mass is 338 g/mol. The van der Waals surface area contributed by atoms with Gasteiger partial charge in [0.05, 0.1) is 17.8 Å². The summed E-state index contributed by atoms with van der Waals surface area (Å²) < 4.78 is 8.09. The Labute approximate surface area is 137 Å². The number of nitrogens with zero attached hydrogens (tertiary/aromatic N) is 1. The molecule has 0 spiro atoms. The van der Waals surface area contributed by atoms with Crippen molar-refractivity contribution in [3.05, 3.63) is 51.2 Å². The number of hydrogen-bond acceptors (Lipinski definition) is 2. The first kappa shape index (κ1) is 14.4. The maximum absolute atomic E-state index is 6.08. The van der Waals surface area contributed by atoms with Crippen molar-refractivity contribution in [2.75, 3.05) is 6.61 Å². The number of imidazole rings is 1. The first-order chi connectivity index (χ1) is 10.1. The number of benzene rings is 2. The van der Waals surface area contributed by atoms with E-state index in [4.69, 9.17) is 40.2 Å². The summed E-state index contributed by atoms with van der Waals surface area (Å²) in [5, 5.41) is 1.13. The van der Waals surface area contributed by atoms with E-state index in [1.807, 2.05) is 41.8 Å². The third-order valence-corrected chi connectivity index (χ3v) is 3.81. The SMILES string of the molecule is CCOc1cccc2c1[nH]c(=S)n2-c1cc(Cl)cc(Cl)c1. The summed E-state index contributed by atoms with van der Waals surface area (Å²) in [6.07, 6.45) is 0. The van der Waals surface area contributed by atoms with Gasteiger partial charge in [0.15, 0.2) is 4.77 Å². The van der Waals surface area contributed by atoms with Gasteiger partial charge in [-0.15, -0.1) is 0 Å². The molecular formula is C15H12Cl2N2OS. The van der Waals surface area contributed by atoms with E-state index < -0.39 is 0 Å². The van der Waals surface area contributed by atoms with E-state index in [0.717, 1.165) is 22.5 Å². The summed E-state index contributed by atoms with van der Waals surface area (Å²) in [7, 11) is 0. The maximum atomic E-state index is 6.08. The van der Waals surface area contributed by atoms with Gasteiger partial charge >= 0.3 is 0 Å². The van der Waals surface area contributed by atoms with Crippen LogP contribution in [0.25, 0.3) is 16.7 Å². The molecule has 0 fully saturated rings. The highest BCUT2D eigenvalue weighted by Gasteiger charge is 2.11. The highest BCUT2D eigenvalue weighted by atomic mass is 35.5. The van der Waals surface area contributed by atoms with Gasteiger partial charge < -0.3 is 9.72 Å². The van der Waals surface area contributed by atoms with Crippen LogP contribution >= 0.6 is 35.4 Å². The second-order valence-electron chi connectivity index (χ2n) is 4.48. The second kappa shape index (κ2) is 5.72. The number of hydrogen-bond donors (Lipinski definition) is 1. The van der Waals surface area contributed by atoms with Crippen LogP contribution in [0.15, 0.2) is 36.4 Å². The number of ether oxygens (including phenoxy) is 1. The molecule has 0 amide bonds. The number of aromatic amines is 1. The van der Waals surface area contributed by atoms with E-state index in [9.17, 15) is 0 Å². The van der Waals surface area contributed by atoms with Crippen LogP contribution in [0.5, 0.6) is 5.75 Å². The van der Waals surface area contributed by atoms with E-state index in [-0.39, 0.29) is 0 Å². The topological polar surface area (TPSA) is 29.9 Å². The Balaban J connectivity index is 2.30. The van der Waals surface area contributed by atoms with E-state index in [0.29, 0.717) is 21.4 Å². The van der Waals surface area contributed by atoms with Gasteiger partial charge in [0.2, 0.25) is 0 Å². The molecule has 2 aromatic carbocycles. The summed E-state index contributed by atoms with van der Waals surface area (Å²) in [5.74, 6) is 0.771. The first-order valence-corrected chi connectivity index (χ1v) is 7.59. The normalized spacial score (nSPS) is 11.0. The van der Waals surface area contributed by atoms with E-state index >= 15 is 0 Å². The molecule has 0 saturated carbocycles. The summed E-state index contributed by atoms with van der Waals surface area (Å²) in [6.45, 7) is 2.54. The minimum Gasteiger partial charge on any atom is -0.492 e. The maximum Gasteiger partial charge on any atom is 0.182 e. The number of rotatable bonds is 3. The molecule has 1 N–H and O–H groups in total. The highest BCUT2D eigenvalue weighted by molar-refractivity contribution is 7.71. The van der Waals surface area contributed by atoms with Gasteiger partial charge in [-0.3, -0.25) is 4.57 Å². The lowest BCUT2D eigenvalue weighted by Crippen LogP contribution is -1.95. The quantitative estimate of drug-likeness (QED) is 0.648. The average Bonchev–Trinajstić information content (AvgIpc) is 2.75. The van der Waals surface area contributed by atoms with Gasteiger partial charge in [0.25, 0.3) is 0 Å². The Morgan fingerprint density at radius 3 is 2.57 bits per heavy atom. The standard InChI is InChI=1S/C15H12Cl2N2OS/c1-2-20-13-5-3-4-12-14(13)18-15(21)19(12)11-7-9(16)6-10(17)8-11/h3-8H,2H2,1H3,(H,18,21). The molecule has 1 aromatic heterocycles. The van der Waals surface area contributed by atoms with E-state index in [1.54, 1.807) is 6.07 Å². The molecule has 0 aliphatic rings. The van der Waals surface area contributed by atoms with E-state index in [1.165, 1.54) is 0 Å². The fourth-order valence-corrected chi connectivity index (χ4v) is 3.12.